The average molecular weight is 394 g/mol. The van der Waals surface area contributed by atoms with E-state index in [4.69, 9.17) is 14.2 Å². The third-order valence-electron chi connectivity index (χ3n) is 3.21. The summed E-state index contributed by atoms with van der Waals surface area (Å²) in [6.07, 6.45) is 0. The largest absolute Gasteiger partial charge is 0.497 e. The number of ether oxygens (including phenoxy) is 3. The Labute approximate surface area is 150 Å². The van der Waals surface area contributed by atoms with Gasteiger partial charge in [0, 0.05) is 11.3 Å². The fourth-order valence-corrected chi connectivity index (χ4v) is 2.68. The van der Waals surface area contributed by atoms with E-state index in [9.17, 15) is 4.79 Å². The van der Waals surface area contributed by atoms with Crippen LogP contribution in [-0.4, -0.2) is 26.2 Å². The number of methoxy groups -OCH3 is 1. The average Bonchev–Trinajstić information content (AvgIpc) is 2.58. The van der Waals surface area contributed by atoms with E-state index >= 15 is 0 Å². The standard InChI is InChI=1S/C18H20BrNO4/c1-4-23-16-11-12(10-15(19)17(16)24-5-2)18(21)20-13-6-8-14(22-3)9-7-13/h6-11H,4-5H2,1-3H3,(H,20,21). The van der Waals surface area contributed by atoms with Crippen LogP contribution in [0.5, 0.6) is 17.2 Å². The van der Waals surface area contributed by atoms with Gasteiger partial charge >= 0.3 is 0 Å². The molecule has 0 aliphatic carbocycles. The number of hydrogen-bond donors (Lipinski definition) is 1. The summed E-state index contributed by atoms with van der Waals surface area (Å²) in [7, 11) is 1.60. The van der Waals surface area contributed by atoms with Gasteiger partial charge in [-0.3, -0.25) is 4.79 Å². The molecule has 0 bridgehead atoms. The number of benzene rings is 2. The van der Waals surface area contributed by atoms with Crippen molar-refractivity contribution in [2.45, 2.75) is 13.8 Å². The molecule has 2 rings (SSSR count). The van der Waals surface area contributed by atoms with Crippen molar-refractivity contribution >= 4 is 27.5 Å². The second-order valence-corrected chi connectivity index (χ2v) is 5.69. The van der Waals surface area contributed by atoms with E-state index in [1.54, 1.807) is 43.5 Å². The number of halogens is 1. The number of anilines is 1. The third-order valence-corrected chi connectivity index (χ3v) is 3.80. The van der Waals surface area contributed by atoms with Gasteiger partial charge in [0.2, 0.25) is 0 Å². The van der Waals surface area contributed by atoms with Crippen molar-refractivity contribution in [2.24, 2.45) is 0 Å². The fraction of sp³-hybridized carbons (Fsp3) is 0.278. The van der Waals surface area contributed by atoms with E-state index in [0.29, 0.717) is 40.4 Å². The minimum Gasteiger partial charge on any atom is -0.497 e. The molecule has 0 aromatic heterocycles. The predicted molar refractivity (Wildman–Crippen MR) is 97.4 cm³/mol. The lowest BCUT2D eigenvalue weighted by atomic mass is 10.1. The second-order valence-electron chi connectivity index (χ2n) is 4.83. The van der Waals surface area contributed by atoms with Gasteiger partial charge in [-0.15, -0.1) is 0 Å². The van der Waals surface area contributed by atoms with Crippen LogP contribution in [0.1, 0.15) is 24.2 Å². The quantitative estimate of drug-likeness (QED) is 0.751. The zero-order valence-electron chi connectivity index (χ0n) is 13.9. The smallest absolute Gasteiger partial charge is 0.255 e. The molecule has 2 aromatic rings. The molecule has 6 heteroatoms. The van der Waals surface area contributed by atoms with Crippen molar-refractivity contribution < 1.29 is 19.0 Å². The van der Waals surface area contributed by atoms with Gasteiger partial charge in [0.15, 0.2) is 11.5 Å². The molecule has 0 heterocycles. The first kappa shape index (κ1) is 18.1. The lowest BCUT2D eigenvalue weighted by molar-refractivity contribution is 0.102. The first-order valence-corrected chi connectivity index (χ1v) is 8.42. The van der Waals surface area contributed by atoms with Gasteiger partial charge in [0.05, 0.1) is 24.8 Å². The molecule has 24 heavy (non-hydrogen) atoms. The molecule has 0 fully saturated rings. The van der Waals surface area contributed by atoms with Gasteiger partial charge in [-0.05, 0) is 66.2 Å². The second kappa shape index (κ2) is 8.59. The maximum absolute atomic E-state index is 12.5. The van der Waals surface area contributed by atoms with E-state index in [0.717, 1.165) is 5.75 Å². The Morgan fingerprint density at radius 3 is 2.33 bits per heavy atom. The number of amides is 1. The number of nitrogens with one attached hydrogen (secondary N) is 1. The van der Waals surface area contributed by atoms with Gasteiger partial charge in [0.1, 0.15) is 5.75 Å². The maximum Gasteiger partial charge on any atom is 0.255 e. The molecule has 0 radical (unpaired) electrons. The van der Waals surface area contributed by atoms with Gasteiger partial charge in [-0.2, -0.15) is 0 Å². The fourth-order valence-electron chi connectivity index (χ4n) is 2.12. The Hall–Kier alpha value is -2.21. The van der Waals surface area contributed by atoms with Crippen LogP contribution in [0.3, 0.4) is 0 Å². The van der Waals surface area contributed by atoms with Crippen LogP contribution >= 0.6 is 15.9 Å². The molecule has 0 atom stereocenters. The topological polar surface area (TPSA) is 56.8 Å². The molecular formula is C18H20BrNO4. The number of rotatable bonds is 7. The van der Waals surface area contributed by atoms with Crippen LogP contribution in [0, 0.1) is 0 Å². The van der Waals surface area contributed by atoms with Crippen LogP contribution in [0.15, 0.2) is 40.9 Å². The van der Waals surface area contributed by atoms with E-state index < -0.39 is 0 Å². The van der Waals surface area contributed by atoms with Crippen molar-refractivity contribution in [3.63, 3.8) is 0 Å². The normalized spacial score (nSPS) is 10.2. The molecule has 1 amide bonds. The summed E-state index contributed by atoms with van der Waals surface area (Å²) in [6.45, 7) is 4.77. The molecule has 0 aliphatic heterocycles. The van der Waals surface area contributed by atoms with Gasteiger partial charge in [-0.25, -0.2) is 0 Å². The highest BCUT2D eigenvalue weighted by atomic mass is 79.9. The molecule has 1 N–H and O–H groups in total. The van der Waals surface area contributed by atoms with Crippen molar-refractivity contribution in [2.75, 3.05) is 25.6 Å². The van der Waals surface area contributed by atoms with Gasteiger partial charge in [0.25, 0.3) is 5.91 Å². The summed E-state index contributed by atoms with van der Waals surface area (Å²) in [5.41, 5.74) is 1.16. The highest BCUT2D eigenvalue weighted by Crippen LogP contribution is 2.37. The van der Waals surface area contributed by atoms with Crippen LogP contribution in [0.4, 0.5) is 5.69 Å². The summed E-state index contributed by atoms with van der Waals surface area (Å²) in [6, 6.07) is 10.5. The molecule has 0 saturated carbocycles. The molecule has 0 unspecified atom stereocenters. The summed E-state index contributed by atoms with van der Waals surface area (Å²) >= 11 is 3.44. The summed E-state index contributed by atoms with van der Waals surface area (Å²) in [5.74, 6) is 1.63. The number of carbonyl (C=O) groups is 1. The summed E-state index contributed by atoms with van der Waals surface area (Å²) in [5, 5.41) is 2.85. The van der Waals surface area contributed by atoms with Crippen molar-refractivity contribution in [1.82, 2.24) is 0 Å². The van der Waals surface area contributed by atoms with Crippen molar-refractivity contribution in [1.29, 1.82) is 0 Å². The Bertz CT molecular complexity index is 701. The highest BCUT2D eigenvalue weighted by molar-refractivity contribution is 9.10. The van der Waals surface area contributed by atoms with E-state index in [2.05, 4.69) is 21.2 Å². The zero-order chi connectivity index (χ0) is 17.5. The molecular weight excluding hydrogens is 374 g/mol. The third kappa shape index (κ3) is 4.41. The molecule has 0 aliphatic rings. The predicted octanol–water partition coefficient (Wildman–Crippen LogP) is 4.51. The number of hydrogen-bond acceptors (Lipinski definition) is 4. The SMILES string of the molecule is CCOc1cc(C(=O)Nc2ccc(OC)cc2)cc(Br)c1OCC. The molecule has 5 nitrogen and oxygen atoms in total. The lowest BCUT2D eigenvalue weighted by Crippen LogP contribution is -2.12. The minimum absolute atomic E-state index is 0.232. The van der Waals surface area contributed by atoms with Crippen LogP contribution in [-0.2, 0) is 0 Å². The summed E-state index contributed by atoms with van der Waals surface area (Å²) < 4.78 is 17.0. The molecule has 128 valence electrons. The lowest BCUT2D eigenvalue weighted by Gasteiger charge is -2.14. The van der Waals surface area contributed by atoms with Crippen LogP contribution < -0.4 is 19.5 Å². The van der Waals surface area contributed by atoms with Crippen molar-refractivity contribution in [3.05, 3.63) is 46.4 Å². The maximum atomic E-state index is 12.5. The van der Waals surface area contributed by atoms with Crippen molar-refractivity contribution in [3.8, 4) is 17.2 Å². The molecule has 2 aromatic carbocycles. The Balaban J connectivity index is 2.24. The monoisotopic (exact) mass is 393 g/mol. The Kier molecular flexibility index (Phi) is 6.49. The van der Waals surface area contributed by atoms with Crippen LogP contribution in [0.2, 0.25) is 0 Å². The first-order valence-electron chi connectivity index (χ1n) is 7.63. The number of carbonyl (C=O) groups excluding carboxylic acids is 1. The summed E-state index contributed by atoms with van der Waals surface area (Å²) in [4.78, 5) is 12.5. The first-order chi connectivity index (χ1) is 11.6. The molecule has 0 saturated heterocycles. The van der Waals surface area contributed by atoms with E-state index in [1.807, 2.05) is 13.8 Å². The van der Waals surface area contributed by atoms with Gasteiger partial charge < -0.3 is 19.5 Å². The zero-order valence-corrected chi connectivity index (χ0v) is 15.5. The van der Waals surface area contributed by atoms with E-state index in [1.165, 1.54) is 0 Å². The Morgan fingerprint density at radius 1 is 1.08 bits per heavy atom. The molecule has 0 spiro atoms. The van der Waals surface area contributed by atoms with E-state index in [-0.39, 0.29) is 5.91 Å². The minimum atomic E-state index is -0.232. The van der Waals surface area contributed by atoms with Crippen LogP contribution in [0.25, 0.3) is 0 Å². The highest BCUT2D eigenvalue weighted by Gasteiger charge is 2.16. The van der Waals surface area contributed by atoms with Gasteiger partial charge in [-0.1, -0.05) is 0 Å². The Morgan fingerprint density at radius 2 is 1.75 bits per heavy atom.